The van der Waals surface area contributed by atoms with E-state index in [-0.39, 0.29) is 11.8 Å². The highest BCUT2D eigenvalue weighted by Crippen LogP contribution is 2.46. The van der Waals surface area contributed by atoms with Gasteiger partial charge in [-0.25, -0.2) is 35.1 Å². The van der Waals surface area contributed by atoms with E-state index in [1.807, 2.05) is 0 Å². The number of fused-ring (bicyclic) bond motifs is 2. The molecule has 3 rings (SSSR count). The molecule has 0 atom stereocenters. The van der Waals surface area contributed by atoms with E-state index in [4.69, 9.17) is 0 Å². The Morgan fingerprint density at radius 1 is 0.455 bits per heavy atom. The molecule has 2 aromatic carbocycles. The Labute approximate surface area is 121 Å². The summed E-state index contributed by atoms with van der Waals surface area (Å²) < 4.78 is 107. The quantitative estimate of drug-likeness (QED) is 0.320. The molecule has 0 bridgehead atoms. The number of halogens is 8. The Morgan fingerprint density at radius 3 is 1.14 bits per heavy atom. The van der Waals surface area contributed by atoms with Crippen molar-refractivity contribution < 1.29 is 35.1 Å². The summed E-state index contributed by atoms with van der Waals surface area (Å²) in [6, 6.07) is 0. The Bertz CT molecular complexity index is 695. The predicted octanol–water partition coefficient (Wildman–Crippen LogP) is 4.85. The van der Waals surface area contributed by atoms with Gasteiger partial charge in [-0.05, 0) is 0 Å². The maximum absolute atomic E-state index is 13.7. The molecule has 0 saturated heterocycles. The van der Waals surface area contributed by atoms with Crippen LogP contribution in [0.25, 0.3) is 0 Å². The number of benzene rings is 2. The molecule has 1 heterocycles. The molecule has 0 aromatic heterocycles. The van der Waals surface area contributed by atoms with Gasteiger partial charge in [0.2, 0.25) is 0 Å². The van der Waals surface area contributed by atoms with Crippen LogP contribution in [0.15, 0.2) is 9.79 Å². The maximum atomic E-state index is 13.7. The van der Waals surface area contributed by atoms with Crippen molar-refractivity contribution in [2.75, 3.05) is 0 Å². The number of hydrogen-bond acceptors (Lipinski definition) is 1. The van der Waals surface area contributed by atoms with Crippen molar-refractivity contribution in [1.29, 1.82) is 0 Å². The largest absolute Gasteiger partial charge is 0.203 e. The Kier molecular flexibility index (Phi) is 3.35. The van der Waals surface area contributed by atoms with Gasteiger partial charge in [-0.3, -0.25) is 0 Å². The summed E-state index contributed by atoms with van der Waals surface area (Å²) in [5, 5.41) is 0. The van der Waals surface area contributed by atoms with Crippen LogP contribution in [-0.2, 0) is 6.42 Å². The molecule has 2 aromatic rings. The van der Waals surface area contributed by atoms with Gasteiger partial charge < -0.3 is 0 Å². The van der Waals surface area contributed by atoms with E-state index in [0.717, 1.165) is 0 Å². The average molecular weight is 342 g/mol. The molecule has 22 heavy (non-hydrogen) atoms. The van der Waals surface area contributed by atoms with E-state index in [1.54, 1.807) is 0 Å². The van der Waals surface area contributed by atoms with Crippen LogP contribution in [-0.4, -0.2) is 0 Å². The van der Waals surface area contributed by atoms with Crippen LogP contribution in [0, 0.1) is 46.5 Å². The van der Waals surface area contributed by atoms with Crippen molar-refractivity contribution in [3.63, 3.8) is 0 Å². The fourth-order valence-corrected chi connectivity index (χ4v) is 3.25. The van der Waals surface area contributed by atoms with Crippen molar-refractivity contribution in [3.05, 3.63) is 57.7 Å². The maximum Gasteiger partial charge on any atom is 0.198 e. The van der Waals surface area contributed by atoms with Crippen molar-refractivity contribution in [2.24, 2.45) is 0 Å². The second-order valence-electron chi connectivity index (χ2n) is 4.41. The molecule has 0 spiro atoms. The van der Waals surface area contributed by atoms with Gasteiger partial charge in [-0.2, -0.15) is 0 Å². The van der Waals surface area contributed by atoms with Gasteiger partial charge in [-0.1, -0.05) is 11.8 Å². The molecule has 0 unspecified atom stereocenters. The van der Waals surface area contributed by atoms with E-state index in [1.165, 1.54) is 0 Å². The van der Waals surface area contributed by atoms with Gasteiger partial charge in [-0.15, -0.1) is 0 Å². The highest BCUT2D eigenvalue weighted by molar-refractivity contribution is 7.99. The summed E-state index contributed by atoms with van der Waals surface area (Å²) in [7, 11) is 0. The summed E-state index contributed by atoms with van der Waals surface area (Å²) in [5.41, 5.74) is -1.59. The van der Waals surface area contributed by atoms with Crippen LogP contribution in [0.2, 0.25) is 0 Å². The van der Waals surface area contributed by atoms with Gasteiger partial charge in [0.15, 0.2) is 46.5 Å². The van der Waals surface area contributed by atoms with Crippen molar-refractivity contribution in [1.82, 2.24) is 0 Å². The lowest BCUT2D eigenvalue weighted by atomic mass is 10.0. The highest BCUT2D eigenvalue weighted by Gasteiger charge is 2.35. The minimum atomic E-state index is -2.13. The second kappa shape index (κ2) is 4.87. The molecule has 0 saturated carbocycles. The zero-order chi connectivity index (χ0) is 16.3. The molecule has 0 amide bonds. The van der Waals surface area contributed by atoms with Crippen molar-refractivity contribution in [2.45, 2.75) is 16.2 Å². The zero-order valence-corrected chi connectivity index (χ0v) is 11.0. The summed E-state index contributed by atoms with van der Waals surface area (Å²) in [6.45, 7) is 0. The molecule has 9 heteroatoms. The first-order chi connectivity index (χ1) is 10.3. The van der Waals surface area contributed by atoms with Gasteiger partial charge in [0.25, 0.3) is 0 Å². The normalized spacial score (nSPS) is 13.1. The third-order valence-electron chi connectivity index (χ3n) is 3.19. The Hall–Kier alpha value is -1.77. The zero-order valence-electron chi connectivity index (χ0n) is 10.1. The minimum Gasteiger partial charge on any atom is -0.203 e. The summed E-state index contributed by atoms with van der Waals surface area (Å²) in [6.07, 6.45) is -0.947. The van der Waals surface area contributed by atoms with Gasteiger partial charge in [0.1, 0.15) is 0 Å². The van der Waals surface area contributed by atoms with Crippen LogP contribution in [0.3, 0.4) is 0 Å². The minimum absolute atomic E-state index is 0.0335. The average Bonchev–Trinajstić information content (AvgIpc) is 2.52. The van der Waals surface area contributed by atoms with Crippen molar-refractivity contribution in [3.8, 4) is 0 Å². The lowest BCUT2D eigenvalue weighted by Crippen LogP contribution is -2.14. The fourth-order valence-electron chi connectivity index (χ4n) is 2.12. The summed E-state index contributed by atoms with van der Waals surface area (Å²) >= 11 is -0.0335. The molecular weight excluding hydrogens is 340 g/mol. The van der Waals surface area contributed by atoms with Crippen LogP contribution in [0.1, 0.15) is 11.1 Å². The highest BCUT2D eigenvalue weighted by atomic mass is 32.2. The van der Waals surface area contributed by atoms with E-state index < -0.39 is 73.9 Å². The van der Waals surface area contributed by atoms with E-state index in [2.05, 4.69) is 0 Å². The van der Waals surface area contributed by atoms with Crippen LogP contribution >= 0.6 is 11.8 Å². The molecular formula is C13H2F8S. The molecule has 0 fully saturated rings. The fraction of sp³-hybridized carbons (Fsp3) is 0.0769. The lowest BCUT2D eigenvalue weighted by molar-refractivity contribution is 0.382. The van der Waals surface area contributed by atoms with Gasteiger partial charge >= 0.3 is 0 Å². The van der Waals surface area contributed by atoms with Crippen molar-refractivity contribution >= 4 is 11.8 Å². The molecule has 1 aliphatic rings. The first kappa shape index (κ1) is 15.1. The number of hydrogen-bond donors (Lipinski definition) is 0. The van der Waals surface area contributed by atoms with Crippen LogP contribution in [0.4, 0.5) is 35.1 Å². The first-order valence-corrected chi connectivity index (χ1v) is 6.44. The first-order valence-electron chi connectivity index (χ1n) is 5.63. The molecule has 0 nitrogen and oxygen atoms in total. The van der Waals surface area contributed by atoms with E-state index in [9.17, 15) is 35.1 Å². The number of rotatable bonds is 0. The standard InChI is InChI=1S/C13H2F8S/c14-4-2-1-3-5(15)7(17)9(19)11(21)13(3)22-12(2)10(20)8(18)6(4)16/h1H2. The third-order valence-corrected chi connectivity index (χ3v) is 4.45. The van der Waals surface area contributed by atoms with Crippen LogP contribution < -0.4 is 0 Å². The molecule has 0 radical (unpaired) electrons. The second-order valence-corrected chi connectivity index (χ2v) is 5.43. The predicted molar refractivity (Wildman–Crippen MR) is 59.5 cm³/mol. The summed E-state index contributed by atoms with van der Waals surface area (Å²) in [5.74, 6) is -15.7. The topological polar surface area (TPSA) is 0 Å². The molecule has 0 aliphatic carbocycles. The van der Waals surface area contributed by atoms with Gasteiger partial charge in [0.05, 0.1) is 9.79 Å². The van der Waals surface area contributed by atoms with Crippen LogP contribution in [0.5, 0.6) is 0 Å². The van der Waals surface area contributed by atoms with E-state index in [0.29, 0.717) is 0 Å². The van der Waals surface area contributed by atoms with Gasteiger partial charge in [0, 0.05) is 17.5 Å². The SMILES string of the molecule is Fc1c(F)c(F)c2c(c1F)Cc1c(F)c(F)c(F)c(F)c1S2. The molecule has 116 valence electrons. The monoisotopic (exact) mass is 342 g/mol. The molecule has 1 aliphatic heterocycles. The Morgan fingerprint density at radius 2 is 0.773 bits per heavy atom. The smallest absolute Gasteiger partial charge is 0.198 e. The Balaban J connectivity index is 2.32. The lowest BCUT2D eigenvalue weighted by Gasteiger charge is -2.22. The third kappa shape index (κ3) is 1.84. The van der Waals surface area contributed by atoms with E-state index >= 15 is 0 Å². The summed E-state index contributed by atoms with van der Waals surface area (Å²) in [4.78, 5) is -1.68. The molecule has 0 N–H and O–H groups in total.